The molecule has 33 heavy (non-hydrogen) atoms. The number of nitrogens with zero attached hydrogens (tertiary/aromatic N) is 2. The molecule has 11 heteroatoms. The van der Waals surface area contributed by atoms with E-state index < -0.39 is 5.97 Å². The summed E-state index contributed by atoms with van der Waals surface area (Å²) in [5, 5.41) is 15.3. The minimum Gasteiger partial charge on any atom is -0.497 e. The number of rotatable bonds is 9. The van der Waals surface area contributed by atoms with Gasteiger partial charge in [-0.3, -0.25) is 4.79 Å². The first-order valence-electron chi connectivity index (χ1n) is 9.82. The van der Waals surface area contributed by atoms with Crippen LogP contribution >= 0.6 is 34.4 Å². The molecule has 0 saturated heterocycles. The maximum absolute atomic E-state index is 12.6. The molecule has 0 unspecified atom stereocenters. The van der Waals surface area contributed by atoms with Gasteiger partial charge in [-0.25, -0.2) is 4.79 Å². The molecule has 0 radical (unpaired) electrons. The molecule has 8 nitrogen and oxygen atoms in total. The Morgan fingerprint density at radius 3 is 2.82 bits per heavy atom. The molecular formula is C22H19N3O5S3. The van der Waals surface area contributed by atoms with Crippen molar-refractivity contribution < 1.29 is 23.5 Å². The Morgan fingerprint density at radius 1 is 1.18 bits per heavy atom. The van der Waals surface area contributed by atoms with Crippen LogP contribution in [0.1, 0.15) is 17.3 Å². The van der Waals surface area contributed by atoms with Crippen molar-refractivity contribution in [2.75, 3.05) is 24.8 Å². The number of thiophene rings is 2. The van der Waals surface area contributed by atoms with Crippen LogP contribution in [-0.4, -0.2) is 41.5 Å². The second-order valence-electron chi connectivity index (χ2n) is 6.49. The van der Waals surface area contributed by atoms with Crippen molar-refractivity contribution in [1.29, 1.82) is 0 Å². The molecular weight excluding hydrogens is 482 g/mol. The van der Waals surface area contributed by atoms with Crippen LogP contribution in [0.3, 0.4) is 0 Å². The molecule has 0 aliphatic rings. The smallest absolute Gasteiger partial charge is 0.341 e. The fraction of sp³-hybridized carbons (Fsp3) is 0.182. The molecule has 0 saturated carbocycles. The van der Waals surface area contributed by atoms with E-state index in [1.165, 1.54) is 22.7 Å². The molecule has 4 rings (SSSR count). The minimum atomic E-state index is -0.468. The van der Waals surface area contributed by atoms with Crippen molar-refractivity contribution in [3.05, 3.63) is 52.7 Å². The summed E-state index contributed by atoms with van der Waals surface area (Å²) >= 11 is 3.91. The first kappa shape index (κ1) is 23.0. The molecule has 0 bridgehead atoms. The zero-order chi connectivity index (χ0) is 23.2. The van der Waals surface area contributed by atoms with Gasteiger partial charge < -0.3 is 19.2 Å². The van der Waals surface area contributed by atoms with Gasteiger partial charge in [0.05, 0.1) is 19.5 Å². The number of nitrogens with one attached hydrogen (secondary N) is 1. The average molecular weight is 502 g/mol. The number of aromatic nitrogens is 2. The van der Waals surface area contributed by atoms with Gasteiger partial charge in [-0.05, 0) is 36.6 Å². The summed E-state index contributed by atoms with van der Waals surface area (Å²) in [7, 11) is 1.58. The maximum atomic E-state index is 12.6. The van der Waals surface area contributed by atoms with E-state index in [-0.39, 0.29) is 23.5 Å². The largest absolute Gasteiger partial charge is 0.497 e. The first-order valence-corrected chi connectivity index (χ1v) is 12.6. The normalized spacial score (nSPS) is 10.7. The number of benzene rings is 1. The second kappa shape index (κ2) is 10.6. The summed E-state index contributed by atoms with van der Waals surface area (Å²) < 4.78 is 16.1. The Bertz CT molecular complexity index is 1250. The van der Waals surface area contributed by atoms with Gasteiger partial charge in [0, 0.05) is 21.4 Å². The van der Waals surface area contributed by atoms with E-state index in [4.69, 9.17) is 13.9 Å². The van der Waals surface area contributed by atoms with Crippen molar-refractivity contribution >= 4 is 51.3 Å². The second-order valence-corrected chi connectivity index (χ2v) is 9.25. The molecule has 0 aliphatic carbocycles. The number of ether oxygens (including phenoxy) is 2. The predicted octanol–water partition coefficient (Wildman–Crippen LogP) is 5.44. The molecule has 4 aromatic rings. The number of anilines is 1. The number of methoxy groups -OCH3 is 1. The average Bonchev–Trinajstić information content (AvgIpc) is 3.58. The van der Waals surface area contributed by atoms with Crippen molar-refractivity contribution in [3.8, 4) is 27.6 Å². The fourth-order valence-corrected chi connectivity index (χ4v) is 5.25. The van der Waals surface area contributed by atoms with Crippen molar-refractivity contribution in [2.24, 2.45) is 0 Å². The quantitative estimate of drug-likeness (QED) is 0.239. The molecule has 0 fully saturated rings. The van der Waals surface area contributed by atoms with Gasteiger partial charge in [0.1, 0.15) is 16.3 Å². The van der Waals surface area contributed by atoms with Crippen LogP contribution in [0.25, 0.3) is 21.9 Å². The number of amides is 1. The lowest BCUT2D eigenvalue weighted by Crippen LogP contribution is -2.16. The number of carbonyl (C=O) groups excluding carboxylic acids is 2. The molecule has 3 aromatic heterocycles. The molecule has 0 atom stereocenters. The summed E-state index contributed by atoms with van der Waals surface area (Å²) in [5.74, 6) is 0.278. The highest BCUT2D eigenvalue weighted by Crippen LogP contribution is 2.38. The molecule has 0 spiro atoms. The Labute approximate surface area is 201 Å². The van der Waals surface area contributed by atoms with Crippen LogP contribution in [0.2, 0.25) is 0 Å². The van der Waals surface area contributed by atoms with Gasteiger partial charge in [-0.2, -0.15) is 0 Å². The SMILES string of the molecule is CCOC(=O)c1c(-c2cccs2)csc1NC(=O)CSc1nnc(-c2cccc(OC)c2)o1. The Balaban J connectivity index is 1.43. The van der Waals surface area contributed by atoms with Crippen LogP contribution < -0.4 is 10.1 Å². The van der Waals surface area contributed by atoms with E-state index in [0.717, 1.165) is 27.8 Å². The third-order valence-electron chi connectivity index (χ3n) is 4.36. The van der Waals surface area contributed by atoms with E-state index >= 15 is 0 Å². The van der Waals surface area contributed by atoms with E-state index in [0.29, 0.717) is 22.2 Å². The standard InChI is InChI=1S/C22H19N3O5S3/c1-3-29-21(27)18-15(16-8-5-9-31-16)11-32-20(18)23-17(26)12-33-22-25-24-19(30-22)13-6-4-7-14(10-13)28-2/h4-11H,3,12H2,1-2H3,(H,23,26). The van der Waals surface area contributed by atoms with Crippen molar-refractivity contribution in [3.63, 3.8) is 0 Å². The van der Waals surface area contributed by atoms with E-state index in [1.54, 1.807) is 20.1 Å². The number of esters is 1. The van der Waals surface area contributed by atoms with Crippen molar-refractivity contribution in [1.82, 2.24) is 10.2 Å². The monoisotopic (exact) mass is 501 g/mol. The zero-order valence-electron chi connectivity index (χ0n) is 17.7. The lowest BCUT2D eigenvalue weighted by molar-refractivity contribution is -0.113. The van der Waals surface area contributed by atoms with E-state index in [2.05, 4.69) is 15.5 Å². The predicted molar refractivity (Wildman–Crippen MR) is 129 cm³/mol. The fourth-order valence-electron chi connectivity index (χ4n) is 2.90. The summed E-state index contributed by atoms with van der Waals surface area (Å²) in [5.41, 5.74) is 1.83. The van der Waals surface area contributed by atoms with E-state index in [9.17, 15) is 9.59 Å². The summed E-state index contributed by atoms with van der Waals surface area (Å²) in [6, 6.07) is 11.1. The van der Waals surface area contributed by atoms with Crippen LogP contribution in [-0.2, 0) is 9.53 Å². The molecule has 1 amide bonds. The third-order valence-corrected chi connectivity index (χ3v) is 6.98. The van der Waals surface area contributed by atoms with Crippen LogP contribution in [0, 0.1) is 0 Å². The highest BCUT2D eigenvalue weighted by atomic mass is 32.2. The molecule has 170 valence electrons. The van der Waals surface area contributed by atoms with Crippen molar-refractivity contribution in [2.45, 2.75) is 12.1 Å². The Morgan fingerprint density at radius 2 is 2.06 bits per heavy atom. The lowest BCUT2D eigenvalue weighted by Gasteiger charge is -2.07. The van der Waals surface area contributed by atoms with Gasteiger partial charge in [0.25, 0.3) is 5.22 Å². The highest BCUT2D eigenvalue weighted by Gasteiger charge is 2.23. The molecule has 1 aromatic carbocycles. The Kier molecular flexibility index (Phi) is 7.43. The maximum Gasteiger partial charge on any atom is 0.341 e. The Hall–Kier alpha value is -3.15. The lowest BCUT2D eigenvalue weighted by atomic mass is 10.1. The van der Waals surface area contributed by atoms with Crippen LogP contribution in [0.4, 0.5) is 5.00 Å². The minimum absolute atomic E-state index is 0.0360. The van der Waals surface area contributed by atoms with Gasteiger partial charge in [-0.15, -0.1) is 32.9 Å². The molecule has 0 aliphatic heterocycles. The molecule has 1 N–H and O–H groups in total. The first-order chi connectivity index (χ1) is 16.1. The number of carbonyl (C=O) groups is 2. The summed E-state index contributed by atoms with van der Waals surface area (Å²) in [6.45, 7) is 1.99. The molecule has 3 heterocycles. The highest BCUT2D eigenvalue weighted by molar-refractivity contribution is 7.99. The third kappa shape index (κ3) is 5.44. The van der Waals surface area contributed by atoms with E-state index in [1.807, 2.05) is 41.1 Å². The number of hydrogen-bond acceptors (Lipinski definition) is 10. The van der Waals surface area contributed by atoms with Crippen LogP contribution in [0.5, 0.6) is 5.75 Å². The summed E-state index contributed by atoms with van der Waals surface area (Å²) in [4.78, 5) is 26.1. The topological polar surface area (TPSA) is 104 Å². The van der Waals surface area contributed by atoms with Gasteiger partial charge in [0.2, 0.25) is 11.8 Å². The zero-order valence-corrected chi connectivity index (χ0v) is 20.1. The number of thioether (sulfide) groups is 1. The van der Waals surface area contributed by atoms with Gasteiger partial charge in [-0.1, -0.05) is 23.9 Å². The number of hydrogen-bond donors (Lipinski definition) is 1. The van der Waals surface area contributed by atoms with Crippen LogP contribution in [0.15, 0.2) is 56.8 Å². The summed E-state index contributed by atoms with van der Waals surface area (Å²) in [6.07, 6.45) is 0. The van der Waals surface area contributed by atoms with Gasteiger partial charge in [0.15, 0.2) is 0 Å². The van der Waals surface area contributed by atoms with Gasteiger partial charge >= 0.3 is 5.97 Å².